The number of amides is 1. The Balaban J connectivity index is 1.80. The molecule has 5 nitrogen and oxygen atoms in total. The molecule has 1 fully saturated rings. The second-order valence-corrected chi connectivity index (χ2v) is 6.44. The average Bonchev–Trinajstić information content (AvgIpc) is 2.74. The normalized spacial score (nSPS) is 24.8. The molecule has 3 rings (SSSR count). The summed E-state index contributed by atoms with van der Waals surface area (Å²) in [5.74, 6) is 1.68. The zero-order chi connectivity index (χ0) is 16.4. The third kappa shape index (κ3) is 3.29. The Hall–Kier alpha value is -1.75. The van der Waals surface area contributed by atoms with Crippen LogP contribution >= 0.6 is 0 Å². The second kappa shape index (κ2) is 6.79. The lowest BCUT2D eigenvalue weighted by Crippen LogP contribution is -2.43. The molecule has 1 aliphatic heterocycles. The SMILES string of the molecule is COc1cc2c(cc1OC)CC(N1CCC(O)CCC1=O)CC2. The van der Waals surface area contributed by atoms with Gasteiger partial charge in [0.05, 0.1) is 20.3 Å². The van der Waals surface area contributed by atoms with E-state index in [0.29, 0.717) is 25.8 Å². The molecule has 0 saturated carbocycles. The largest absolute Gasteiger partial charge is 0.493 e. The minimum Gasteiger partial charge on any atom is -0.493 e. The lowest BCUT2D eigenvalue weighted by molar-refractivity contribution is -0.133. The van der Waals surface area contributed by atoms with E-state index in [4.69, 9.17) is 9.47 Å². The summed E-state index contributed by atoms with van der Waals surface area (Å²) in [7, 11) is 3.29. The number of aryl methyl sites for hydroxylation is 1. The van der Waals surface area contributed by atoms with Crippen molar-refractivity contribution in [1.82, 2.24) is 4.90 Å². The summed E-state index contributed by atoms with van der Waals surface area (Å²) >= 11 is 0. The van der Waals surface area contributed by atoms with Crippen LogP contribution in [0.3, 0.4) is 0 Å². The molecule has 1 amide bonds. The third-order valence-electron chi connectivity index (χ3n) is 5.06. The molecule has 23 heavy (non-hydrogen) atoms. The Morgan fingerprint density at radius 1 is 1.04 bits per heavy atom. The van der Waals surface area contributed by atoms with E-state index in [-0.39, 0.29) is 18.1 Å². The molecule has 0 spiro atoms. The van der Waals surface area contributed by atoms with E-state index in [2.05, 4.69) is 6.07 Å². The van der Waals surface area contributed by atoms with Gasteiger partial charge in [0, 0.05) is 19.0 Å². The van der Waals surface area contributed by atoms with E-state index < -0.39 is 0 Å². The number of carbonyl (C=O) groups is 1. The van der Waals surface area contributed by atoms with Crippen LogP contribution in [-0.4, -0.2) is 48.8 Å². The number of likely N-dealkylation sites (tertiary alicyclic amines) is 1. The number of aliphatic hydroxyl groups excluding tert-OH is 1. The van der Waals surface area contributed by atoms with Crippen molar-refractivity contribution in [1.29, 1.82) is 0 Å². The predicted octanol–water partition coefficient (Wildman–Crippen LogP) is 1.93. The molecule has 2 unspecified atom stereocenters. The van der Waals surface area contributed by atoms with Crippen molar-refractivity contribution in [3.8, 4) is 11.5 Å². The lowest BCUT2D eigenvalue weighted by Gasteiger charge is -2.35. The first kappa shape index (κ1) is 16.1. The smallest absolute Gasteiger partial charge is 0.222 e. The number of benzene rings is 1. The highest BCUT2D eigenvalue weighted by Gasteiger charge is 2.30. The Morgan fingerprint density at radius 3 is 2.43 bits per heavy atom. The molecular weight excluding hydrogens is 294 g/mol. The second-order valence-electron chi connectivity index (χ2n) is 6.44. The summed E-state index contributed by atoms with van der Waals surface area (Å²) in [6, 6.07) is 4.31. The molecule has 0 bridgehead atoms. The number of carbonyl (C=O) groups excluding carboxylic acids is 1. The fourth-order valence-corrected chi connectivity index (χ4v) is 3.71. The highest BCUT2D eigenvalue weighted by Crippen LogP contribution is 2.35. The highest BCUT2D eigenvalue weighted by atomic mass is 16.5. The van der Waals surface area contributed by atoms with E-state index in [1.807, 2.05) is 11.0 Å². The summed E-state index contributed by atoms with van der Waals surface area (Å²) in [4.78, 5) is 14.3. The van der Waals surface area contributed by atoms with Gasteiger partial charge >= 0.3 is 0 Å². The number of methoxy groups -OCH3 is 2. The van der Waals surface area contributed by atoms with Crippen molar-refractivity contribution in [2.75, 3.05) is 20.8 Å². The number of hydrogen-bond donors (Lipinski definition) is 1. The van der Waals surface area contributed by atoms with E-state index in [0.717, 1.165) is 30.8 Å². The number of hydrogen-bond acceptors (Lipinski definition) is 4. The van der Waals surface area contributed by atoms with Gasteiger partial charge in [-0.05, 0) is 55.4 Å². The number of fused-ring (bicyclic) bond motifs is 1. The van der Waals surface area contributed by atoms with Crippen LogP contribution in [0.4, 0.5) is 0 Å². The van der Waals surface area contributed by atoms with Crippen molar-refractivity contribution < 1.29 is 19.4 Å². The number of rotatable bonds is 3. The van der Waals surface area contributed by atoms with Crippen LogP contribution in [0.1, 0.15) is 36.8 Å². The fraction of sp³-hybridized carbons (Fsp3) is 0.611. The van der Waals surface area contributed by atoms with Gasteiger partial charge in [-0.3, -0.25) is 4.79 Å². The summed E-state index contributed by atoms with van der Waals surface area (Å²) in [6.45, 7) is 0.660. The van der Waals surface area contributed by atoms with E-state index in [9.17, 15) is 9.90 Å². The molecule has 1 aromatic carbocycles. The molecule has 2 aliphatic rings. The van der Waals surface area contributed by atoms with Crippen LogP contribution in [0.15, 0.2) is 12.1 Å². The predicted molar refractivity (Wildman–Crippen MR) is 86.9 cm³/mol. The van der Waals surface area contributed by atoms with Gasteiger partial charge in [0.15, 0.2) is 11.5 Å². The molecule has 0 aromatic heterocycles. The van der Waals surface area contributed by atoms with Gasteiger partial charge in [0.25, 0.3) is 0 Å². The molecule has 1 aliphatic carbocycles. The maximum Gasteiger partial charge on any atom is 0.222 e. The lowest BCUT2D eigenvalue weighted by atomic mass is 9.87. The summed E-state index contributed by atoms with van der Waals surface area (Å²) in [6.07, 6.45) is 4.12. The van der Waals surface area contributed by atoms with Crippen LogP contribution in [0.2, 0.25) is 0 Å². The fourth-order valence-electron chi connectivity index (χ4n) is 3.71. The maximum atomic E-state index is 12.4. The van der Waals surface area contributed by atoms with Gasteiger partial charge < -0.3 is 19.5 Å². The van der Waals surface area contributed by atoms with Crippen LogP contribution < -0.4 is 9.47 Å². The van der Waals surface area contributed by atoms with Gasteiger partial charge in [-0.25, -0.2) is 0 Å². The molecule has 126 valence electrons. The molecule has 2 atom stereocenters. The van der Waals surface area contributed by atoms with Crippen molar-refractivity contribution in [2.24, 2.45) is 0 Å². The quantitative estimate of drug-likeness (QED) is 0.925. The third-order valence-corrected chi connectivity index (χ3v) is 5.06. The van der Waals surface area contributed by atoms with E-state index in [1.165, 1.54) is 11.1 Å². The standard InChI is InChI=1S/C18H25NO4/c1-22-16-10-12-3-4-14(9-13(12)11-17(16)23-2)19-8-7-15(20)5-6-18(19)21/h10-11,14-15,20H,3-9H2,1-2H3. The van der Waals surface area contributed by atoms with Crippen molar-refractivity contribution in [3.63, 3.8) is 0 Å². The molecule has 0 radical (unpaired) electrons. The molecule has 1 N–H and O–H groups in total. The summed E-state index contributed by atoms with van der Waals surface area (Å²) < 4.78 is 10.8. The van der Waals surface area contributed by atoms with Crippen LogP contribution in [0, 0.1) is 0 Å². The maximum absolute atomic E-state index is 12.4. The van der Waals surface area contributed by atoms with Gasteiger partial charge in [0.1, 0.15) is 0 Å². The van der Waals surface area contributed by atoms with E-state index in [1.54, 1.807) is 14.2 Å². The molecule has 1 heterocycles. The Labute approximate surface area is 137 Å². The zero-order valence-electron chi connectivity index (χ0n) is 13.9. The molecule has 5 heteroatoms. The minimum atomic E-state index is -0.343. The average molecular weight is 319 g/mol. The van der Waals surface area contributed by atoms with Crippen LogP contribution in [-0.2, 0) is 17.6 Å². The van der Waals surface area contributed by atoms with Crippen molar-refractivity contribution in [3.05, 3.63) is 23.3 Å². The highest BCUT2D eigenvalue weighted by molar-refractivity contribution is 5.77. The topological polar surface area (TPSA) is 59.0 Å². The zero-order valence-corrected chi connectivity index (χ0v) is 13.9. The Morgan fingerprint density at radius 2 is 1.74 bits per heavy atom. The van der Waals surface area contributed by atoms with Gasteiger partial charge in [0.2, 0.25) is 5.91 Å². The monoisotopic (exact) mass is 319 g/mol. The first-order chi connectivity index (χ1) is 11.1. The first-order valence-corrected chi connectivity index (χ1v) is 8.33. The number of nitrogens with zero attached hydrogens (tertiary/aromatic N) is 1. The molecule has 1 aromatic rings. The van der Waals surface area contributed by atoms with Gasteiger partial charge in [-0.1, -0.05) is 0 Å². The van der Waals surface area contributed by atoms with Crippen LogP contribution in [0.5, 0.6) is 11.5 Å². The minimum absolute atomic E-state index is 0.176. The molecule has 1 saturated heterocycles. The first-order valence-electron chi connectivity index (χ1n) is 8.33. The Bertz CT molecular complexity index is 587. The molecular formula is C18H25NO4. The summed E-state index contributed by atoms with van der Waals surface area (Å²) in [5, 5.41) is 9.80. The Kier molecular flexibility index (Phi) is 4.76. The van der Waals surface area contributed by atoms with Gasteiger partial charge in [-0.15, -0.1) is 0 Å². The summed E-state index contributed by atoms with van der Waals surface area (Å²) in [5.41, 5.74) is 2.51. The van der Waals surface area contributed by atoms with Crippen molar-refractivity contribution >= 4 is 5.91 Å². The van der Waals surface area contributed by atoms with Gasteiger partial charge in [-0.2, -0.15) is 0 Å². The number of aliphatic hydroxyl groups is 1. The van der Waals surface area contributed by atoms with Crippen molar-refractivity contribution in [2.45, 2.75) is 50.7 Å². The van der Waals surface area contributed by atoms with E-state index >= 15 is 0 Å². The van der Waals surface area contributed by atoms with Crippen LogP contribution in [0.25, 0.3) is 0 Å². The number of ether oxygens (including phenoxy) is 2.